The van der Waals surface area contributed by atoms with Gasteiger partial charge in [-0.2, -0.15) is 10.1 Å². The molecule has 0 radical (unpaired) electrons. The van der Waals surface area contributed by atoms with Gasteiger partial charge in [0.15, 0.2) is 5.82 Å². The second kappa shape index (κ2) is 7.04. The summed E-state index contributed by atoms with van der Waals surface area (Å²) in [6.45, 7) is -2.90. The summed E-state index contributed by atoms with van der Waals surface area (Å²) in [4.78, 5) is 16.5. The molecule has 0 saturated carbocycles. The SMILES string of the molecule is [2H]C([2H])([2H])c1c(N)cnn(Cc2nc(C[C@H](O)c3ccc(Cl)cc3)no2)c1=O. The van der Waals surface area contributed by atoms with Crippen molar-refractivity contribution in [3.63, 3.8) is 0 Å². The van der Waals surface area contributed by atoms with Gasteiger partial charge < -0.3 is 15.4 Å². The van der Waals surface area contributed by atoms with E-state index in [-0.39, 0.29) is 30.4 Å². The molecular weight excluding hydrogens is 346 g/mol. The van der Waals surface area contributed by atoms with Gasteiger partial charge in [-0.3, -0.25) is 4.79 Å². The van der Waals surface area contributed by atoms with Crippen molar-refractivity contribution in [2.75, 3.05) is 5.73 Å². The number of anilines is 1. The lowest BCUT2D eigenvalue weighted by molar-refractivity contribution is 0.174. The van der Waals surface area contributed by atoms with Crippen LogP contribution in [0.1, 0.15) is 33.1 Å². The van der Waals surface area contributed by atoms with E-state index >= 15 is 0 Å². The standard InChI is InChI=1S/C16H16ClN5O3/c1-9-12(18)7-19-22(16(9)24)8-15-20-14(21-25-15)6-13(23)10-2-4-11(17)5-3-10/h2-5,7,13,23H,6,8,18H2,1H3/t13-/m0/s1/i1D3. The molecule has 3 N–H and O–H groups in total. The Morgan fingerprint density at radius 2 is 2.20 bits per heavy atom. The Kier molecular flexibility index (Phi) is 3.82. The van der Waals surface area contributed by atoms with Gasteiger partial charge >= 0.3 is 0 Å². The van der Waals surface area contributed by atoms with Crippen LogP contribution in [0.5, 0.6) is 0 Å². The summed E-state index contributed by atoms with van der Waals surface area (Å²) in [7, 11) is 0. The van der Waals surface area contributed by atoms with Gasteiger partial charge in [-0.1, -0.05) is 28.9 Å². The fourth-order valence-electron chi connectivity index (χ4n) is 2.16. The zero-order chi connectivity index (χ0) is 20.5. The molecule has 130 valence electrons. The molecule has 3 aromatic rings. The van der Waals surface area contributed by atoms with Gasteiger partial charge in [0.05, 0.1) is 18.0 Å². The molecule has 0 aliphatic rings. The fourth-order valence-corrected chi connectivity index (χ4v) is 2.28. The molecule has 0 amide bonds. The second-order valence-corrected chi connectivity index (χ2v) is 5.75. The zero-order valence-corrected chi connectivity index (χ0v) is 13.6. The van der Waals surface area contributed by atoms with Crippen molar-refractivity contribution in [3.05, 3.63) is 68.7 Å². The van der Waals surface area contributed by atoms with Crippen LogP contribution in [0.4, 0.5) is 5.69 Å². The average molecular weight is 365 g/mol. The third-order valence-electron chi connectivity index (χ3n) is 3.50. The lowest BCUT2D eigenvalue weighted by Crippen LogP contribution is -2.26. The van der Waals surface area contributed by atoms with Crippen LogP contribution >= 0.6 is 11.6 Å². The van der Waals surface area contributed by atoms with Crippen LogP contribution in [0.2, 0.25) is 5.02 Å². The van der Waals surface area contributed by atoms with Crippen molar-refractivity contribution in [1.29, 1.82) is 0 Å². The van der Waals surface area contributed by atoms with Crippen LogP contribution in [-0.4, -0.2) is 25.0 Å². The van der Waals surface area contributed by atoms with Crippen LogP contribution < -0.4 is 11.3 Å². The minimum Gasteiger partial charge on any atom is -0.397 e. The normalized spacial score (nSPS) is 14.6. The highest BCUT2D eigenvalue weighted by Crippen LogP contribution is 2.19. The van der Waals surface area contributed by atoms with Crippen molar-refractivity contribution in [3.8, 4) is 0 Å². The molecule has 0 spiro atoms. The molecule has 0 unspecified atom stereocenters. The molecule has 1 aromatic carbocycles. The van der Waals surface area contributed by atoms with E-state index in [1.165, 1.54) is 0 Å². The Balaban J connectivity index is 1.77. The van der Waals surface area contributed by atoms with Crippen molar-refractivity contribution in [2.24, 2.45) is 0 Å². The lowest BCUT2D eigenvalue weighted by Gasteiger charge is -2.08. The first kappa shape index (κ1) is 13.6. The van der Waals surface area contributed by atoms with Crippen molar-refractivity contribution < 1.29 is 13.7 Å². The molecule has 25 heavy (non-hydrogen) atoms. The van der Waals surface area contributed by atoms with E-state index in [1.807, 2.05) is 0 Å². The first-order valence-corrected chi connectivity index (χ1v) is 7.64. The van der Waals surface area contributed by atoms with Gasteiger partial charge in [0, 0.05) is 21.1 Å². The van der Waals surface area contributed by atoms with E-state index in [1.54, 1.807) is 24.3 Å². The molecule has 2 heterocycles. The predicted octanol–water partition coefficient (Wildman–Crippen LogP) is 1.49. The maximum atomic E-state index is 12.4. The summed E-state index contributed by atoms with van der Waals surface area (Å²) in [5.74, 6) is 0.256. The Morgan fingerprint density at radius 3 is 2.92 bits per heavy atom. The van der Waals surface area contributed by atoms with Gasteiger partial charge in [-0.05, 0) is 24.5 Å². The van der Waals surface area contributed by atoms with E-state index in [9.17, 15) is 9.90 Å². The smallest absolute Gasteiger partial charge is 0.272 e. The number of halogens is 1. The highest BCUT2D eigenvalue weighted by molar-refractivity contribution is 6.30. The van der Waals surface area contributed by atoms with E-state index < -0.39 is 24.1 Å². The number of hydrogen-bond donors (Lipinski definition) is 2. The minimum absolute atomic E-state index is 0.0363. The molecule has 0 bridgehead atoms. The van der Waals surface area contributed by atoms with Crippen LogP contribution in [0.15, 0.2) is 39.8 Å². The van der Waals surface area contributed by atoms with Gasteiger partial charge in [-0.25, -0.2) is 4.68 Å². The minimum atomic E-state index is -2.67. The Hall–Kier alpha value is -2.71. The number of nitrogens with zero attached hydrogens (tertiary/aromatic N) is 4. The molecule has 0 fully saturated rings. The zero-order valence-electron chi connectivity index (χ0n) is 15.9. The molecular formula is C16H16ClN5O3. The highest BCUT2D eigenvalue weighted by Gasteiger charge is 2.15. The van der Waals surface area contributed by atoms with Gasteiger partial charge in [-0.15, -0.1) is 0 Å². The maximum absolute atomic E-state index is 12.4. The summed E-state index contributed by atoms with van der Waals surface area (Å²) in [6, 6.07) is 6.68. The molecule has 8 nitrogen and oxygen atoms in total. The maximum Gasteiger partial charge on any atom is 0.272 e. The topological polar surface area (TPSA) is 120 Å². The number of aromatic nitrogens is 4. The number of nitrogen functional groups attached to an aromatic ring is 1. The molecule has 0 aliphatic heterocycles. The first-order valence-electron chi connectivity index (χ1n) is 8.76. The monoisotopic (exact) mass is 364 g/mol. The third-order valence-corrected chi connectivity index (χ3v) is 3.75. The highest BCUT2D eigenvalue weighted by atomic mass is 35.5. The Labute approximate surface area is 152 Å². The van der Waals surface area contributed by atoms with Gasteiger partial charge in [0.1, 0.15) is 6.54 Å². The molecule has 0 saturated heterocycles. The quantitative estimate of drug-likeness (QED) is 0.703. The number of aliphatic hydroxyl groups excluding tert-OH is 1. The Bertz CT molecular complexity index is 1030. The predicted molar refractivity (Wildman–Crippen MR) is 91.2 cm³/mol. The number of aliphatic hydroxyl groups is 1. The third kappa shape index (κ3) is 3.86. The van der Waals surface area contributed by atoms with Crippen molar-refractivity contribution in [2.45, 2.75) is 25.9 Å². The summed E-state index contributed by atoms with van der Waals surface area (Å²) in [6.07, 6.45) is 0.294. The Morgan fingerprint density at radius 1 is 1.44 bits per heavy atom. The van der Waals surface area contributed by atoms with Crippen LogP contribution in [0, 0.1) is 6.85 Å². The number of hydrogen-bond acceptors (Lipinski definition) is 7. The summed E-state index contributed by atoms with van der Waals surface area (Å²) in [5.41, 5.74) is 4.62. The van der Waals surface area contributed by atoms with Crippen LogP contribution in [0.25, 0.3) is 0 Å². The van der Waals surface area contributed by atoms with Gasteiger partial charge in [0.2, 0.25) is 5.89 Å². The number of nitrogens with two attached hydrogens (primary N) is 1. The first-order chi connectivity index (χ1) is 13.1. The molecule has 3 rings (SSSR count). The number of rotatable bonds is 5. The molecule has 2 aromatic heterocycles. The summed E-state index contributed by atoms with van der Waals surface area (Å²) < 4.78 is 28.2. The van der Waals surface area contributed by atoms with Crippen LogP contribution in [0.3, 0.4) is 0 Å². The largest absolute Gasteiger partial charge is 0.397 e. The van der Waals surface area contributed by atoms with Crippen LogP contribution in [-0.2, 0) is 13.0 Å². The fraction of sp³-hybridized carbons (Fsp3) is 0.250. The number of benzene rings is 1. The summed E-state index contributed by atoms with van der Waals surface area (Å²) in [5, 5.41) is 18.4. The average Bonchev–Trinajstić information content (AvgIpc) is 3.04. The molecule has 1 atom stereocenters. The van der Waals surface area contributed by atoms with E-state index in [4.69, 9.17) is 26.0 Å². The summed E-state index contributed by atoms with van der Waals surface area (Å²) >= 11 is 5.82. The van der Waals surface area contributed by atoms with E-state index in [2.05, 4.69) is 15.2 Å². The van der Waals surface area contributed by atoms with E-state index in [0.717, 1.165) is 10.9 Å². The molecule has 0 aliphatic carbocycles. The molecule has 9 heteroatoms. The van der Waals surface area contributed by atoms with E-state index in [0.29, 0.717) is 10.6 Å². The second-order valence-electron chi connectivity index (χ2n) is 5.31. The van der Waals surface area contributed by atoms with Crippen molar-refractivity contribution in [1.82, 2.24) is 19.9 Å². The van der Waals surface area contributed by atoms with Gasteiger partial charge in [0.25, 0.3) is 5.56 Å². The van der Waals surface area contributed by atoms with Crippen molar-refractivity contribution >= 4 is 17.3 Å². The lowest BCUT2D eigenvalue weighted by atomic mass is 10.1.